The topological polar surface area (TPSA) is 50.2 Å². The summed E-state index contributed by atoms with van der Waals surface area (Å²) in [6, 6.07) is 18.3. The van der Waals surface area contributed by atoms with E-state index in [1.807, 2.05) is 59.0 Å². The summed E-state index contributed by atoms with van der Waals surface area (Å²) < 4.78 is 1.82. The fraction of sp³-hybridized carbons (Fsp3) is 0.238. The van der Waals surface area contributed by atoms with Gasteiger partial charge in [0.05, 0.1) is 24.1 Å². The Morgan fingerprint density at radius 2 is 1.93 bits per heavy atom. The minimum atomic E-state index is 0.0316. The fourth-order valence-electron chi connectivity index (χ4n) is 3.17. The third kappa shape index (κ3) is 4.34. The Kier molecular flexibility index (Phi) is 5.44. The van der Waals surface area contributed by atoms with Gasteiger partial charge in [0.15, 0.2) is 0 Å². The third-order valence-electron chi connectivity index (χ3n) is 4.52. The first-order valence-electron chi connectivity index (χ1n) is 9.12. The number of hydrogen-bond acceptors (Lipinski definition) is 4. The van der Waals surface area contributed by atoms with Gasteiger partial charge < -0.3 is 10.2 Å². The van der Waals surface area contributed by atoms with Crippen LogP contribution >= 0.6 is 11.8 Å². The summed E-state index contributed by atoms with van der Waals surface area (Å²) in [5, 5.41) is 7.40. The van der Waals surface area contributed by atoms with Crippen LogP contribution in [0.15, 0.2) is 71.9 Å². The number of carbonyl (C=O) groups excluding carboxylic acids is 1. The van der Waals surface area contributed by atoms with E-state index < -0.39 is 0 Å². The maximum absolute atomic E-state index is 12.5. The first-order chi connectivity index (χ1) is 13.3. The predicted molar refractivity (Wildman–Crippen MR) is 109 cm³/mol. The molecular weight excluding hydrogens is 356 g/mol. The summed E-state index contributed by atoms with van der Waals surface area (Å²) in [5.74, 6) is 1.12. The molecule has 0 spiro atoms. The second-order valence-electron chi connectivity index (χ2n) is 6.50. The molecule has 4 rings (SSSR count). The van der Waals surface area contributed by atoms with Crippen LogP contribution < -0.4 is 10.2 Å². The van der Waals surface area contributed by atoms with Crippen molar-refractivity contribution in [2.24, 2.45) is 0 Å². The Morgan fingerprint density at radius 1 is 1.11 bits per heavy atom. The highest BCUT2D eigenvalue weighted by atomic mass is 32.2. The molecule has 5 nitrogen and oxygen atoms in total. The van der Waals surface area contributed by atoms with Gasteiger partial charge in [0.2, 0.25) is 5.91 Å². The number of para-hydroxylation sites is 2. The number of aromatic nitrogens is 2. The van der Waals surface area contributed by atoms with Crippen LogP contribution in [0.3, 0.4) is 0 Å². The lowest BCUT2D eigenvalue weighted by Gasteiger charge is -2.23. The van der Waals surface area contributed by atoms with E-state index in [1.165, 1.54) is 4.90 Å². The van der Waals surface area contributed by atoms with E-state index >= 15 is 0 Å². The number of rotatable bonds is 5. The summed E-state index contributed by atoms with van der Waals surface area (Å²) in [4.78, 5) is 15.9. The quantitative estimate of drug-likeness (QED) is 0.738. The highest BCUT2D eigenvalue weighted by Gasteiger charge is 2.17. The highest BCUT2D eigenvalue weighted by molar-refractivity contribution is 7.99. The average molecular weight is 379 g/mol. The minimum absolute atomic E-state index is 0.0316. The van der Waals surface area contributed by atoms with Gasteiger partial charge in [-0.25, -0.2) is 4.68 Å². The first kappa shape index (κ1) is 17.7. The van der Waals surface area contributed by atoms with Crippen LogP contribution in [0.25, 0.3) is 5.69 Å². The number of amides is 1. The molecule has 0 saturated heterocycles. The van der Waals surface area contributed by atoms with Crippen molar-refractivity contribution in [2.45, 2.75) is 17.9 Å². The molecule has 2 aromatic carbocycles. The lowest BCUT2D eigenvalue weighted by molar-refractivity contribution is -0.119. The minimum Gasteiger partial charge on any atom is -0.361 e. The molecule has 0 unspecified atom stereocenters. The molecule has 1 aromatic heterocycles. The van der Waals surface area contributed by atoms with Gasteiger partial charge >= 0.3 is 0 Å². The summed E-state index contributed by atoms with van der Waals surface area (Å²) in [6.45, 7) is 1.77. The van der Waals surface area contributed by atoms with Crippen LogP contribution in [-0.2, 0) is 11.3 Å². The van der Waals surface area contributed by atoms with Gasteiger partial charge in [0.1, 0.15) is 0 Å². The van der Waals surface area contributed by atoms with Crippen molar-refractivity contribution < 1.29 is 4.79 Å². The van der Waals surface area contributed by atoms with Crippen molar-refractivity contribution in [3.05, 3.63) is 72.6 Å². The van der Waals surface area contributed by atoms with Gasteiger partial charge in [0, 0.05) is 29.7 Å². The molecule has 0 radical (unpaired) electrons. The lowest BCUT2D eigenvalue weighted by atomic mass is 10.2. The van der Waals surface area contributed by atoms with Gasteiger partial charge in [-0.3, -0.25) is 4.79 Å². The molecule has 1 amide bonds. The number of hydrogen-bond donors (Lipinski definition) is 1. The second-order valence-corrected chi connectivity index (χ2v) is 7.63. The highest BCUT2D eigenvalue weighted by Crippen LogP contribution is 2.33. The van der Waals surface area contributed by atoms with E-state index in [2.05, 4.69) is 33.5 Å². The third-order valence-corrected chi connectivity index (χ3v) is 5.67. The molecule has 2 heterocycles. The molecule has 1 aliphatic heterocycles. The van der Waals surface area contributed by atoms with Crippen molar-refractivity contribution in [1.29, 1.82) is 0 Å². The Hall–Kier alpha value is -2.73. The standard InChI is InChI=1S/C21H22N4OS/c26-21(16-24-11-6-12-27-20-10-5-4-9-19(20)24)22-13-17-14-23-25(15-17)18-7-2-1-3-8-18/h1-5,7-10,14-15H,6,11-13,16H2,(H,22,26). The number of anilines is 1. The maximum atomic E-state index is 12.5. The SMILES string of the molecule is O=C(CN1CCCSc2ccccc21)NCc1cnn(-c2ccccc2)c1. The van der Waals surface area contributed by atoms with Gasteiger partial charge in [-0.1, -0.05) is 30.3 Å². The van der Waals surface area contributed by atoms with Gasteiger partial charge in [-0.15, -0.1) is 11.8 Å². The zero-order valence-corrected chi connectivity index (χ0v) is 15.9. The molecule has 1 aliphatic rings. The number of thioether (sulfide) groups is 1. The van der Waals surface area contributed by atoms with Crippen LogP contribution in [0.5, 0.6) is 0 Å². The van der Waals surface area contributed by atoms with Crippen molar-refractivity contribution >= 4 is 23.4 Å². The summed E-state index contributed by atoms with van der Waals surface area (Å²) in [6.07, 6.45) is 4.83. The van der Waals surface area contributed by atoms with E-state index in [-0.39, 0.29) is 5.91 Å². The molecule has 138 valence electrons. The van der Waals surface area contributed by atoms with Crippen LogP contribution in [0.4, 0.5) is 5.69 Å². The maximum Gasteiger partial charge on any atom is 0.239 e. The molecule has 0 saturated carbocycles. The molecule has 0 atom stereocenters. The Bertz CT molecular complexity index is 909. The fourth-order valence-corrected chi connectivity index (χ4v) is 4.18. The number of nitrogens with zero attached hydrogens (tertiary/aromatic N) is 3. The van der Waals surface area contributed by atoms with E-state index in [9.17, 15) is 4.79 Å². The normalized spacial score (nSPS) is 13.7. The molecule has 1 N–H and O–H groups in total. The van der Waals surface area contributed by atoms with Gasteiger partial charge in [-0.2, -0.15) is 5.10 Å². The van der Waals surface area contributed by atoms with E-state index in [4.69, 9.17) is 0 Å². The van der Waals surface area contributed by atoms with E-state index in [0.29, 0.717) is 13.1 Å². The van der Waals surface area contributed by atoms with Crippen LogP contribution in [0.1, 0.15) is 12.0 Å². The van der Waals surface area contributed by atoms with Crippen molar-refractivity contribution in [3.8, 4) is 5.69 Å². The summed E-state index contributed by atoms with van der Waals surface area (Å²) in [5.41, 5.74) is 3.15. The second kappa shape index (κ2) is 8.31. The van der Waals surface area contributed by atoms with E-state index in [0.717, 1.165) is 35.7 Å². The Labute approximate surface area is 163 Å². The van der Waals surface area contributed by atoms with E-state index in [1.54, 1.807) is 6.20 Å². The summed E-state index contributed by atoms with van der Waals surface area (Å²) in [7, 11) is 0. The van der Waals surface area contributed by atoms with Crippen molar-refractivity contribution in [2.75, 3.05) is 23.7 Å². The first-order valence-corrected chi connectivity index (χ1v) is 10.1. The zero-order chi connectivity index (χ0) is 18.5. The number of carbonyl (C=O) groups is 1. The van der Waals surface area contributed by atoms with Crippen LogP contribution in [0.2, 0.25) is 0 Å². The molecule has 0 aliphatic carbocycles. The number of benzene rings is 2. The van der Waals surface area contributed by atoms with Gasteiger partial charge in [-0.05, 0) is 36.4 Å². The molecular formula is C21H22N4OS. The molecule has 0 bridgehead atoms. The molecule has 3 aromatic rings. The predicted octanol–water partition coefficient (Wildman–Crippen LogP) is 3.49. The Balaban J connectivity index is 1.36. The number of fused-ring (bicyclic) bond motifs is 1. The van der Waals surface area contributed by atoms with Crippen LogP contribution in [0, 0.1) is 0 Å². The zero-order valence-electron chi connectivity index (χ0n) is 15.0. The average Bonchev–Trinajstić information content (AvgIpc) is 3.10. The monoisotopic (exact) mass is 378 g/mol. The molecule has 0 fully saturated rings. The van der Waals surface area contributed by atoms with Crippen molar-refractivity contribution in [1.82, 2.24) is 15.1 Å². The van der Waals surface area contributed by atoms with Crippen LogP contribution in [-0.4, -0.2) is 34.5 Å². The molecule has 27 heavy (non-hydrogen) atoms. The van der Waals surface area contributed by atoms with Gasteiger partial charge in [0.25, 0.3) is 0 Å². The number of nitrogens with one attached hydrogen (secondary N) is 1. The smallest absolute Gasteiger partial charge is 0.239 e. The molecule has 6 heteroatoms. The lowest BCUT2D eigenvalue weighted by Crippen LogP contribution is -2.37. The Morgan fingerprint density at radius 3 is 2.81 bits per heavy atom. The summed E-state index contributed by atoms with van der Waals surface area (Å²) >= 11 is 1.87. The largest absolute Gasteiger partial charge is 0.361 e. The van der Waals surface area contributed by atoms with Crippen molar-refractivity contribution in [3.63, 3.8) is 0 Å².